The van der Waals surface area contributed by atoms with Gasteiger partial charge >= 0.3 is 0 Å². The van der Waals surface area contributed by atoms with Gasteiger partial charge in [-0.1, -0.05) is 24.3 Å². The zero-order valence-corrected chi connectivity index (χ0v) is 18.8. The van der Waals surface area contributed by atoms with E-state index in [0.29, 0.717) is 5.11 Å². The molecule has 31 heavy (non-hydrogen) atoms. The zero-order chi connectivity index (χ0) is 22.0. The first-order valence-electron chi connectivity index (χ1n) is 10.5. The normalized spacial score (nSPS) is 18.2. The highest BCUT2D eigenvalue weighted by Gasteiger charge is 2.42. The third kappa shape index (κ3) is 4.18. The second kappa shape index (κ2) is 8.89. The Morgan fingerprint density at radius 2 is 1.90 bits per heavy atom. The van der Waals surface area contributed by atoms with Crippen molar-refractivity contribution in [1.82, 2.24) is 19.8 Å². The van der Waals surface area contributed by atoms with Crippen LogP contribution in [0.3, 0.4) is 0 Å². The number of pyridine rings is 1. The largest absolute Gasteiger partial charge is 0.352 e. The Balaban J connectivity index is 1.69. The van der Waals surface area contributed by atoms with Crippen molar-refractivity contribution in [2.45, 2.75) is 39.4 Å². The number of anilines is 1. The minimum Gasteiger partial charge on any atom is -0.352 e. The maximum absolute atomic E-state index is 12.9. The summed E-state index contributed by atoms with van der Waals surface area (Å²) in [6.07, 6.45) is 1.79. The van der Waals surface area contributed by atoms with E-state index in [-0.39, 0.29) is 24.5 Å². The van der Waals surface area contributed by atoms with Gasteiger partial charge in [-0.2, -0.15) is 0 Å². The van der Waals surface area contributed by atoms with Gasteiger partial charge in [-0.25, -0.2) is 0 Å². The van der Waals surface area contributed by atoms with Crippen LogP contribution in [0.25, 0.3) is 0 Å². The van der Waals surface area contributed by atoms with E-state index in [1.54, 1.807) is 6.20 Å². The summed E-state index contributed by atoms with van der Waals surface area (Å²) in [6, 6.07) is 17.3. The number of rotatable bonds is 6. The van der Waals surface area contributed by atoms with Gasteiger partial charge in [-0.15, -0.1) is 0 Å². The molecule has 1 aromatic carbocycles. The van der Waals surface area contributed by atoms with Gasteiger partial charge in [0.2, 0.25) is 5.91 Å². The van der Waals surface area contributed by atoms with Gasteiger partial charge in [-0.3, -0.25) is 9.78 Å². The maximum Gasteiger partial charge on any atom is 0.244 e. The Morgan fingerprint density at radius 1 is 1.16 bits per heavy atom. The fourth-order valence-corrected chi connectivity index (χ4v) is 4.71. The summed E-state index contributed by atoms with van der Waals surface area (Å²) < 4.78 is 2.29. The number of aromatic nitrogens is 2. The van der Waals surface area contributed by atoms with E-state index in [9.17, 15) is 4.79 Å². The molecule has 2 atom stereocenters. The van der Waals surface area contributed by atoms with Crippen LogP contribution in [0.5, 0.6) is 0 Å². The SMILES string of the molecule is CCn1c(C)cc([C@@H]2[C@H](c3ccccn3)NC(=S)N2CC(=O)Nc2ccccc2)c1C. The average molecular weight is 434 g/mol. The number of carbonyl (C=O) groups is 1. The highest BCUT2D eigenvalue weighted by atomic mass is 32.1. The molecule has 6 nitrogen and oxygen atoms in total. The second-order valence-electron chi connectivity index (χ2n) is 7.74. The zero-order valence-electron chi connectivity index (χ0n) is 18.0. The van der Waals surface area contributed by atoms with Crippen molar-refractivity contribution in [3.8, 4) is 0 Å². The number of para-hydroxylation sites is 1. The predicted molar refractivity (Wildman–Crippen MR) is 127 cm³/mol. The summed E-state index contributed by atoms with van der Waals surface area (Å²) in [5, 5.41) is 6.95. The lowest BCUT2D eigenvalue weighted by Crippen LogP contribution is -2.37. The Kier molecular flexibility index (Phi) is 6.04. The van der Waals surface area contributed by atoms with E-state index < -0.39 is 0 Å². The van der Waals surface area contributed by atoms with Crippen LogP contribution in [0.1, 0.15) is 41.7 Å². The molecular formula is C24H27N5OS. The van der Waals surface area contributed by atoms with E-state index in [1.807, 2.05) is 53.4 Å². The molecule has 0 bridgehead atoms. The molecule has 160 valence electrons. The molecule has 3 heterocycles. The molecule has 1 amide bonds. The minimum absolute atomic E-state index is 0.105. The van der Waals surface area contributed by atoms with E-state index in [4.69, 9.17) is 12.2 Å². The lowest BCUT2D eigenvalue weighted by molar-refractivity contribution is -0.116. The highest BCUT2D eigenvalue weighted by molar-refractivity contribution is 7.80. The Hall–Kier alpha value is -3.19. The molecule has 0 aliphatic carbocycles. The van der Waals surface area contributed by atoms with Gasteiger partial charge in [0, 0.05) is 29.8 Å². The average Bonchev–Trinajstić information content (AvgIpc) is 3.24. The summed E-state index contributed by atoms with van der Waals surface area (Å²) >= 11 is 5.69. The molecule has 0 spiro atoms. The van der Waals surface area contributed by atoms with E-state index in [2.05, 4.69) is 47.0 Å². The molecule has 3 aromatic rings. The summed E-state index contributed by atoms with van der Waals surface area (Å²) in [6.45, 7) is 7.44. The summed E-state index contributed by atoms with van der Waals surface area (Å²) in [5.41, 5.74) is 5.22. The van der Waals surface area contributed by atoms with Gasteiger partial charge < -0.3 is 20.1 Å². The quantitative estimate of drug-likeness (QED) is 0.573. The molecule has 0 radical (unpaired) electrons. The fraction of sp³-hybridized carbons (Fsp3) is 0.292. The van der Waals surface area contributed by atoms with Crippen LogP contribution in [-0.2, 0) is 11.3 Å². The summed E-state index contributed by atoms with van der Waals surface area (Å²) in [5.74, 6) is -0.105. The molecule has 1 aliphatic heterocycles. The van der Waals surface area contributed by atoms with Crippen molar-refractivity contribution >= 4 is 28.9 Å². The number of carbonyl (C=O) groups excluding carboxylic acids is 1. The second-order valence-corrected chi connectivity index (χ2v) is 8.13. The van der Waals surface area contributed by atoms with Crippen LogP contribution in [0.15, 0.2) is 60.8 Å². The van der Waals surface area contributed by atoms with Gasteiger partial charge in [-0.05, 0) is 68.9 Å². The van der Waals surface area contributed by atoms with Crippen LogP contribution < -0.4 is 10.6 Å². The van der Waals surface area contributed by atoms with E-state index in [0.717, 1.165) is 23.5 Å². The third-order valence-electron chi connectivity index (χ3n) is 5.82. The van der Waals surface area contributed by atoms with Crippen LogP contribution >= 0.6 is 12.2 Å². The number of nitrogens with one attached hydrogen (secondary N) is 2. The van der Waals surface area contributed by atoms with Gasteiger partial charge in [0.25, 0.3) is 0 Å². The van der Waals surface area contributed by atoms with Crippen LogP contribution in [-0.4, -0.2) is 32.0 Å². The van der Waals surface area contributed by atoms with Crippen molar-refractivity contribution in [1.29, 1.82) is 0 Å². The number of thiocarbonyl (C=S) groups is 1. The number of amides is 1. The Morgan fingerprint density at radius 3 is 2.55 bits per heavy atom. The number of aryl methyl sites for hydroxylation is 1. The maximum atomic E-state index is 12.9. The Bertz CT molecular complexity index is 1080. The predicted octanol–water partition coefficient (Wildman–Crippen LogP) is 4.13. The van der Waals surface area contributed by atoms with Crippen molar-refractivity contribution in [2.75, 3.05) is 11.9 Å². The monoisotopic (exact) mass is 433 g/mol. The summed E-state index contributed by atoms with van der Waals surface area (Å²) in [4.78, 5) is 19.4. The lowest BCUT2D eigenvalue weighted by atomic mass is 9.97. The molecule has 1 fully saturated rings. The molecule has 7 heteroatoms. The standard InChI is InChI=1S/C24H27N5OS/c1-4-28-16(2)14-19(17(28)3)23-22(20-12-8-9-13-25-20)27-24(31)29(23)15-21(30)26-18-10-6-5-7-11-18/h5-14,22-23H,4,15H2,1-3H3,(H,26,30)(H,27,31)/t22-,23+/m0/s1. The van der Waals surface area contributed by atoms with Crippen molar-refractivity contribution < 1.29 is 4.79 Å². The summed E-state index contributed by atoms with van der Waals surface area (Å²) in [7, 11) is 0. The van der Waals surface area contributed by atoms with Crippen molar-refractivity contribution in [3.05, 3.63) is 83.4 Å². The topological polar surface area (TPSA) is 62.2 Å². The number of hydrogen-bond acceptors (Lipinski definition) is 3. The molecule has 2 N–H and O–H groups in total. The lowest BCUT2D eigenvalue weighted by Gasteiger charge is -2.27. The first kappa shape index (κ1) is 21.1. The van der Waals surface area contributed by atoms with Crippen LogP contribution in [0.4, 0.5) is 5.69 Å². The van der Waals surface area contributed by atoms with Crippen LogP contribution in [0, 0.1) is 13.8 Å². The van der Waals surface area contributed by atoms with E-state index >= 15 is 0 Å². The van der Waals surface area contributed by atoms with E-state index in [1.165, 1.54) is 11.4 Å². The molecule has 2 aromatic heterocycles. The van der Waals surface area contributed by atoms with Crippen LogP contribution in [0.2, 0.25) is 0 Å². The number of hydrogen-bond donors (Lipinski definition) is 2. The number of nitrogens with zero attached hydrogens (tertiary/aromatic N) is 3. The van der Waals surface area contributed by atoms with Gasteiger partial charge in [0.1, 0.15) is 6.54 Å². The first-order chi connectivity index (χ1) is 15.0. The Labute approximate surface area is 188 Å². The molecular weight excluding hydrogens is 406 g/mol. The minimum atomic E-state index is -0.135. The van der Waals surface area contributed by atoms with Crippen molar-refractivity contribution in [2.24, 2.45) is 0 Å². The van der Waals surface area contributed by atoms with Crippen molar-refractivity contribution in [3.63, 3.8) is 0 Å². The van der Waals surface area contributed by atoms with Gasteiger partial charge in [0.05, 0.1) is 17.8 Å². The third-order valence-corrected chi connectivity index (χ3v) is 6.17. The molecule has 0 unspecified atom stereocenters. The molecule has 1 aliphatic rings. The fourth-order valence-electron chi connectivity index (χ4n) is 4.40. The number of benzene rings is 1. The molecule has 4 rings (SSSR count). The molecule has 0 saturated carbocycles. The highest BCUT2D eigenvalue weighted by Crippen LogP contribution is 2.40. The smallest absolute Gasteiger partial charge is 0.244 e. The first-order valence-corrected chi connectivity index (χ1v) is 10.9. The molecule has 1 saturated heterocycles. The van der Waals surface area contributed by atoms with Gasteiger partial charge in [0.15, 0.2) is 5.11 Å².